The van der Waals surface area contributed by atoms with Gasteiger partial charge in [0.1, 0.15) is 0 Å². The van der Waals surface area contributed by atoms with E-state index in [2.05, 4.69) is 8.75 Å². The molecule has 2 aromatic rings. The van der Waals surface area contributed by atoms with Gasteiger partial charge in [0, 0.05) is 6.42 Å². The van der Waals surface area contributed by atoms with Gasteiger partial charge in [-0.15, -0.1) is 0 Å². The first-order chi connectivity index (χ1) is 8.84. The van der Waals surface area contributed by atoms with E-state index in [1.54, 1.807) is 6.20 Å². The molecule has 5 nitrogen and oxygen atoms in total. The van der Waals surface area contributed by atoms with E-state index in [1.165, 1.54) is 0 Å². The molecule has 1 unspecified atom stereocenters. The number of rotatable bonds is 2. The van der Waals surface area contributed by atoms with Crippen LogP contribution in [-0.4, -0.2) is 22.0 Å². The molecule has 6 heteroatoms. The lowest BCUT2D eigenvalue weighted by Gasteiger charge is -2.12. The lowest BCUT2D eigenvalue weighted by atomic mass is 10.0. The van der Waals surface area contributed by atoms with Crippen LogP contribution in [0.3, 0.4) is 0 Å². The molecular formula is C12H13N3O2S. The summed E-state index contributed by atoms with van der Waals surface area (Å²) in [6, 6.07) is 5.48. The zero-order valence-corrected chi connectivity index (χ0v) is 10.5. The fourth-order valence-electron chi connectivity index (χ4n) is 1.85. The topological polar surface area (TPSA) is 70.3 Å². The summed E-state index contributed by atoms with van der Waals surface area (Å²) >= 11 is 1.16. The Morgan fingerprint density at radius 1 is 1.22 bits per heavy atom. The molecular weight excluding hydrogens is 250 g/mol. The van der Waals surface area contributed by atoms with Gasteiger partial charge in [0.2, 0.25) is 0 Å². The number of nitrogens with zero attached hydrogens (tertiary/aromatic N) is 2. The summed E-state index contributed by atoms with van der Waals surface area (Å²) in [6.45, 7) is 1.36. The molecule has 2 N–H and O–H groups in total. The smallest absolute Gasteiger partial charge is 0.161 e. The van der Waals surface area contributed by atoms with Crippen molar-refractivity contribution < 1.29 is 9.47 Å². The van der Waals surface area contributed by atoms with Crippen LogP contribution in [0.5, 0.6) is 11.5 Å². The first kappa shape index (κ1) is 11.4. The van der Waals surface area contributed by atoms with Crippen LogP contribution in [0.25, 0.3) is 0 Å². The highest BCUT2D eigenvalue weighted by Gasteiger charge is 2.16. The van der Waals surface area contributed by atoms with Crippen molar-refractivity contribution in [3.8, 4) is 11.5 Å². The van der Waals surface area contributed by atoms with Crippen molar-refractivity contribution in [2.45, 2.75) is 12.5 Å². The van der Waals surface area contributed by atoms with Gasteiger partial charge in [-0.25, -0.2) is 0 Å². The highest BCUT2D eigenvalue weighted by Crippen LogP contribution is 2.32. The average Bonchev–Trinajstić information content (AvgIpc) is 2.83. The first-order valence-electron chi connectivity index (χ1n) is 5.77. The maximum atomic E-state index is 6.14. The molecule has 3 rings (SSSR count). The highest BCUT2D eigenvalue weighted by molar-refractivity contribution is 6.99. The molecule has 0 spiro atoms. The SMILES string of the molecule is NC(c1ccc2c(c1)OCCCO2)c1cnsn1. The number of hydrogen-bond acceptors (Lipinski definition) is 6. The van der Waals surface area contributed by atoms with Crippen LogP contribution in [0.15, 0.2) is 24.4 Å². The van der Waals surface area contributed by atoms with Gasteiger partial charge >= 0.3 is 0 Å². The summed E-state index contributed by atoms with van der Waals surface area (Å²) in [7, 11) is 0. The normalized spacial score (nSPS) is 16.1. The molecule has 0 radical (unpaired) electrons. The van der Waals surface area contributed by atoms with Crippen LogP contribution >= 0.6 is 11.7 Å². The fourth-order valence-corrected chi connectivity index (χ4v) is 2.31. The van der Waals surface area contributed by atoms with E-state index < -0.39 is 0 Å². The second kappa shape index (κ2) is 4.91. The zero-order chi connectivity index (χ0) is 12.4. The van der Waals surface area contributed by atoms with Crippen LogP contribution < -0.4 is 15.2 Å². The summed E-state index contributed by atoms with van der Waals surface area (Å²) in [4.78, 5) is 0. The Hall–Kier alpha value is -1.66. The van der Waals surface area contributed by atoms with Crippen molar-refractivity contribution in [3.63, 3.8) is 0 Å². The van der Waals surface area contributed by atoms with E-state index in [0.29, 0.717) is 13.2 Å². The monoisotopic (exact) mass is 263 g/mol. The fraction of sp³-hybridized carbons (Fsp3) is 0.333. The van der Waals surface area contributed by atoms with Gasteiger partial charge in [-0.3, -0.25) is 0 Å². The highest BCUT2D eigenvalue weighted by atomic mass is 32.1. The van der Waals surface area contributed by atoms with Crippen LogP contribution in [-0.2, 0) is 0 Å². The molecule has 0 aliphatic carbocycles. The van der Waals surface area contributed by atoms with E-state index >= 15 is 0 Å². The van der Waals surface area contributed by atoms with E-state index in [9.17, 15) is 0 Å². The Kier molecular flexibility index (Phi) is 3.12. The Bertz CT molecular complexity index is 530. The van der Waals surface area contributed by atoms with Crippen molar-refractivity contribution in [2.75, 3.05) is 13.2 Å². The van der Waals surface area contributed by atoms with Gasteiger partial charge in [-0.05, 0) is 17.7 Å². The van der Waals surface area contributed by atoms with Crippen molar-refractivity contribution in [1.29, 1.82) is 0 Å². The quantitative estimate of drug-likeness (QED) is 0.893. The molecule has 18 heavy (non-hydrogen) atoms. The third-order valence-electron chi connectivity index (χ3n) is 2.83. The number of nitrogens with two attached hydrogens (primary N) is 1. The molecule has 1 aliphatic heterocycles. The van der Waals surface area contributed by atoms with E-state index in [-0.39, 0.29) is 6.04 Å². The van der Waals surface area contributed by atoms with Gasteiger partial charge in [-0.1, -0.05) is 6.07 Å². The molecule has 0 saturated carbocycles. The van der Waals surface area contributed by atoms with Crippen LogP contribution in [0.4, 0.5) is 0 Å². The number of hydrogen-bond donors (Lipinski definition) is 1. The van der Waals surface area contributed by atoms with Gasteiger partial charge in [0.05, 0.1) is 42.9 Å². The van der Waals surface area contributed by atoms with Crippen LogP contribution in [0.1, 0.15) is 23.7 Å². The molecule has 1 aromatic heterocycles. The summed E-state index contributed by atoms with van der Waals surface area (Å²) in [5, 5.41) is 0. The van der Waals surface area contributed by atoms with Crippen molar-refractivity contribution in [1.82, 2.24) is 8.75 Å². The predicted octanol–water partition coefficient (Wildman–Crippen LogP) is 1.75. The standard InChI is InChI=1S/C12H13N3O2S/c13-12(9-7-14-18-15-9)8-2-3-10-11(6-8)17-5-1-4-16-10/h2-3,6-7,12H,1,4-5,13H2. The van der Waals surface area contributed by atoms with Crippen molar-refractivity contribution >= 4 is 11.7 Å². The summed E-state index contributed by atoms with van der Waals surface area (Å²) in [5.74, 6) is 1.53. The lowest BCUT2D eigenvalue weighted by molar-refractivity contribution is 0.297. The third-order valence-corrected chi connectivity index (χ3v) is 3.32. The number of ether oxygens (including phenoxy) is 2. The molecule has 2 heterocycles. The third kappa shape index (κ3) is 2.16. The maximum absolute atomic E-state index is 6.14. The van der Waals surface area contributed by atoms with Gasteiger partial charge < -0.3 is 15.2 Å². The van der Waals surface area contributed by atoms with Gasteiger partial charge in [0.15, 0.2) is 11.5 Å². The minimum atomic E-state index is -0.277. The molecule has 0 saturated heterocycles. The average molecular weight is 263 g/mol. The molecule has 0 amide bonds. The van der Waals surface area contributed by atoms with E-state index in [1.807, 2.05) is 18.2 Å². The number of aromatic nitrogens is 2. The molecule has 1 aromatic carbocycles. The van der Waals surface area contributed by atoms with Crippen molar-refractivity contribution in [3.05, 3.63) is 35.7 Å². The largest absolute Gasteiger partial charge is 0.490 e. The van der Waals surface area contributed by atoms with Gasteiger partial charge in [-0.2, -0.15) is 8.75 Å². The first-order valence-corrected chi connectivity index (χ1v) is 6.50. The summed E-state index contributed by atoms with van der Waals surface area (Å²) in [5.41, 5.74) is 7.86. The van der Waals surface area contributed by atoms with E-state index in [4.69, 9.17) is 15.2 Å². The second-order valence-electron chi connectivity index (χ2n) is 4.07. The Labute approximate surface area is 109 Å². The van der Waals surface area contributed by atoms with Crippen LogP contribution in [0.2, 0.25) is 0 Å². The molecule has 1 aliphatic rings. The maximum Gasteiger partial charge on any atom is 0.161 e. The zero-order valence-electron chi connectivity index (χ0n) is 9.70. The minimum absolute atomic E-state index is 0.277. The Balaban J connectivity index is 1.92. The van der Waals surface area contributed by atoms with Gasteiger partial charge in [0.25, 0.3) is 0 Å². The summed E-state index contributed by atoms with van der Waals surface area (Å²) < 4.78 is 19.3. The number of fused-ring (bicyclic) bond motifs is 1. The molecule has 0 bridgehead atoms. The number of benzene rings is 1. The molecule has 0 fully saturated rings. The Morgan fingerprint density at radius 2 is 2.06 bits per heavy atom. The second-order valence-corrected chi connectivity index (χ2v) is 4.62. The van der Waals surface area contributed by atoms with Crippen molar-refractivity contribution in [2.24, 2.45) is 5.73 Å². The minimum Gasteiger partial charge on any atom is -0.490 e. The predicted molar refractivity (Wildman–Crippen MR) is 68.0 cm³/mol. The summed E-state index contributed by atoms with van der Waals surface area (Å²) in [6.07, 6.45) is 2.59. The van der Waals surface area contributed by atoms with Crippen LogP contribution in [0, 0.1) is 0 Å². The molecule has 1 atom stereocenters. The lowest BCUT2D eigenvalue weighted by Crippen LogP contribution is -2.12. The molecule has 94 valence electrons. The van der Waals surface area contributed by atoms with E-state index in [0.717, 1.165) is 40.9 Å². The Morgan fingerprint density at radius 3 is 2.83 bits per heavy atom.